The van der Waals surface area contributed by atoms with Crippen LogP contribution in [0.15, 0.2) is 6.20 Å². The zero-order valence-corrected chi connectivity index (χ0v) is 9.14. The summed E-state index contributed by atoms with van der Waals surface area (Å²) in [5.41, 5.74) is 1.94. The molecule has 2 heterocycles. The topological polar surface area (TPSA) is 41.6 Å². The molecule has 0 aliphatic rings. The highest BCUT2D eigenvalue weighted by molar-refractivity contribution is 14.1. The van der Waals surface area contributed by atoms with Crippen molar-refractivity contribution in [2.75, 3.05) is 0 Å². The van der Waals surface area contributed by atoms with Gasteiger partial charge in [0.2, 0.25) is 0 Å². The van der Waals surface area contributed by atoms with Crippen molar-refractivity contribution in [3.8, 4) is 0 Å². The molecule has 0 bridgehead atoms. The largest absolute Gasteiger partial charge is 0.271 e. The number of aromatic nitrogens is 3. The summed E-state index contributed by atoms with van der Waals surface area (Å²) < 4.78 is 0.934. The summed E-state index contributed by atoms with van der Waals surface area (Å²) in [5, 5.41) is 8.41. The van der Waals surface area contributed by atoms with E-state index >= 15 is 0 Å². The Labute approximate surface area is 87.7 Å². The number of hydrogen-bond acceptors (Lipinski definition) is 2. The SMILES string of the molecule is Cc1cnc(Cl)c2c(I)[nH]nc12. The third-order valence-electron chi connectivity index (χ3n) is 1.67. The third-order valence-corrected chi connectivity index (χ3v) is 2.74. The predicted molar refractivity (Wildman–Crippen MR) is 56.4 cm³/mol. The third kappa shape index (κ3) is 1.09. The van der Waals surface area contributed by atoms with Gasteiger partial charge in [0.25, 0.3) is 0 Å². The highest BCUT2D eigenvalue weighted by Gasteiger charge is 2.09. The summed E-state index contributed by atoms with van der Waals surface area (Å²) in [6.45, 7) is 1.96. The maximum absolute atomic E-state index is 5.90. The number of aryl methyl sites for hydroxylation is 1. The van der Waals surface area contributed by atoms with Gasteiger partial charge < -0.3 is 0 Å². The minimum Gasteiger partial charge on any atom is -0.271 e. The fourth-order valence-electron chi connectivity index (χ4n) is 1.07. The van der Waals surface area contributed by atoms with Crippen LogP contribution in [0.2, 0.25) is 5.15 Å². The first-order valence-corrected chi connectivity index (χ1v) is 4.80. The average Bonchev–Trinajstić information content (AvgIpc) is 2.42. The van der Waals surface area contributed by atoms with Gasteiger partial charge in [0, 0.05) is 6.20 Å². The Hall–Kier alpha value is -0.360. The Kier molecular flexibility index (Phi) is 1.96. The molecule has 1 N–H and O–H groups in total. The molecule has 2 aromatic rings. The Balaban J connectivity index is 2.98. The molecule has 3 nitrogen and oxygen atoms in total. The maximum Gasteiger partial charge on any atom is 0.141 e. The summed E-state index contributed by atoms with van der Waals surface area (Å²) in [4.78, 5) is 4.04. The van der Waals surface area contributed by atoms with E-state index in [1.165, 1.54) is 0 Å². The van der Waals surface area contributed by atoms with Gasteiger partial charge in [-0.3, -0.25) is 5.10 Å². The van der Waals surface area contributed by atoms with Gasteiger partial charge in [-0.05, 0) is 35.1 Å². The maximum atomic E-state index is 5.90. The van der Waals surface area contributed by atoms with Crippen LogP contribution in [0.1, 0.15) is 5.56 Å². The quantitative estimate of drug-likeness (QED) is 0.599. The number of fused-ring (bicyclic) bond motifs is 1. The molecule has 5 heteroatoms. The number of H-pyrrole nitrogens is 1. The molecule has 62 valence electrons. The highest BCUT2D eigenvalue weighted by Crippen LogP contribution is 2.25. The summed E-state index contributed by atoms with van der Waals surface area (Å²) in [5.74, 6) is 0. The Morgan fingerprint density at radius 1 is 1.58 bits per heavy atom. The molecule has 2 rings (SSSR count). The lowest BCUT2D eigenvalue weighted by atomic mass is 10.2. The molecule has 0 saturated heterocycles. The number of rotatable bonds is 0. The Morgan fingerprint density at radius 2 is 2.33 bits per heavy atom. The van der Waals surface area contributed by atoms with Gasteiger partial charge in [0.05, 0.1) is 5.39 Å². The van der Waals surface area contributed by atoms with E-state index < -0.39 is 0 Å². The summed E-state index contributed by atoms with van der Waals surface area (Å²) in [7, 11) is 0. The number of nitrogens with zero attached hydrogens (tertiary/aromatic N) is 2. The van der Waals surface area contributed by atoms with Crippen LogP contribution in [0.3, 0.4) is 0 Å². The molecule has 0 amide bonds. The average molecular weight is 293 g/mol. The minimum absolute atomic E-state index is 0.508. The van der Waals surface area contributed by atoms with Crippen molar-refractivity contribution in [3.63, 3.8) is 0 Å². The number of hydrogen-bond donors (Lipinski definition) is 1. The summed E-state index contributed by atoms with van der Waals surface area (Å²) >= 11 is 8.05. The van der Waals surface area contributed by atoms with Crippen LogP contribution in [0.5, 0.6) is 0 Å². The molecule has 12 heavy (non-hydrogen) atoms. The normalized spacial score (nSPS) is 10.9. The van der Waals surface area contributed by atoms with Crippen LogP contribution in [-0.2, 0) is 0 Å². The van der Waals surface area contributed by atoms with E-state index in [1.807, 2.05) is 6.92 Å². The van der Waals surface area contributed by atoms with Gasteiger partial charge in [-0.1, -0.05) is 11.6 Å². The van der Waals surface area contributed by atoms with Crippen LogP contribution in [0.25, 0.3) is 10.9 Å². The molecule has 0 aliphatic carbocycles. The lowest BCUT2D eigenvalue weighted by molar-refractivity contribution is 1.09. The van der Waals surface area contributed by atoms with E-state index in [1.54, 1.807) is 6.20 Å². The first kappa shape index (κ1) is 8.25. The van der Waals surface area contributed by atoms with Crippen LogP contribution in [0.4, 0.5) is 0 Å². The standard InChI is InChI=1S/C7H5ClIN3/c1-3-2-10-6(8)4-5(3)11-12-7(4)9/h2H,1H3,(H,11,12). The lowest BCUT2D eigenvalue weighted by Crippen LogP contribution is -1.81. The second-order valence-electron chi connectivity index (χ2n) is 2.49. The van der Waals surface area contributed by atoms with Gasteiger partial charge in [0.1, 0.15) is 14.4 Å². The zero-order valence-electron chi connectivity index (χ0n) is 6.23. The van der Waals surface area contributed by atoms with E-state index in [2.05, 4.69) is 37.8 Å². The molecule has 0 fully saturated rings. The van der Waals surface area contributed by atoms with E-state index in [0.29, 0.717) is 5.15 Å². The van der Waals surface area contributed by atoms with Crippen molar-refractivity contribution in [3.05, 3.63) is 20.6 Å². The number of nitrogens with one attached hydrogen (secondary N) is 1. The van der Waals surface area contributed by atoms with Crippen LogP contribution in [-0.4, -0.2) is 15.2 Å². The van der Waals surface area contributed by atoms with Crippen molar-refractivity contribution in [2.24, 2.45) is 0 Å². The fourth-order valence-corrected chi connectivity index (χ4v) is 2.10. The second-order valence-corrected chi connectivity index (χ2v) is 3.93. The molecule has 0 saturated carbocycles. The number of halogens is 2. The Morgan fingerprint density at radius 3 is 3.00 bits per heavy atom. The van der Waals surface area contributed by atoms with Gasteiger partial charge in [-0.2, -0.15) is 5.10 Å². The number of pyridine rings is 1. The number of aromatic amines is 1. The van der Waals surface area contributed by atoms with Gasteiger partial charge in [0.15, 0.2) is 0 Å². The molecule has 0 aromatic carbocycles. The van der Waals surface area contributed by atoms with E-state index in [-0.39, 0.29) is 0 Å². The fraction of sp³-hybridized carbons (Fsp3) is 0.143. The van der Waals surface area contributed by atoms with Crippen LogP contribution >= 0.6 is 34.2 Å². The van der Waals surface area contributed by atoms with Crippen molar-refractivity contribution in [2.45, 2.75) is 6.92 Å². The molecular weight excluding hydrogens is 288 g/mol. The van der Waals surface area contributed by atoms with Gasteiger partial charge in [-0.15, -0.1) is 0 Å². The minimum atomic E-state index is 0.508. The molecule has 0 aliphatic heterocycles. The molecular formula is C7H5ClIN3. The van der Waals surface area contributed by atoms with E-state index in [9.17, 15) is 0 Å². The van der Waals surface area contributed by atoms with Gasteiger partial charge >= 0.3 is 0 Å². The smallest absolute Gasteiger partial charge is 0.141 e. The highest BCUT2D eigenvalue weighted by atomic mass is 127. The first-order chi connectivity index (χ1) is 5.70. The van der Waals surface area contributed by atoms with Crippen molar-refractivity contribution in [1.29, 1.82) is 0 Å². The summed E-state index contributed by atoms with van der Waals surface area (Å²) in [6, 6.07) is 0. The molecule has 0 spiro atoms. The zero-order chi connectivity index (χ0) is 8.72. The monoisotopic (exact) mass is 293 g/mol. The first-order valence-electron chi connectivity index (χ1n) is 3.35. The molecule has 0 radical (unpaired) electrons. The summed E-state index contributed by atoms with van der Waals surface area (Å²) in [6.07, 6.45) is 1.72. The molecule has 2 aromatic heterocycles. The Bertz CT molecular complexity index is 437. The lowest BCUT2D eigenvalue weighted by Gasteiger charge is -1.94. The molecule has 0 unspecified atom stereocenters. The van der Waals surface area contributed by atoms with Crippen molar-refractivity contribution < 1.29 is 0 Å². The van der Waals surface area contributed by atoms with Crippen molar-refractivity contribution >= 4 is 45.1 Å². The van der Waals surface area contributed by atoms with Gasteiger partial charge in [-0.25, -0.2) is 4.98 Å². The van der Waals surface area contributed by atoms with E-state index in [0.717, 1.165) is 20.2 Å². The van der Waals surface area contributed by atoms with Crippen LogP contribution < -0.4 is 0 Å². The second kappa shape index (κ2) is 2.85. The predicted octanol–water partition coefficient (Wildman–Crippen LogP) is 2.52. The van der Waals surface area contributed by atoms with Crippen molar-refractivity contribution in [1.82, 2.24) is 15.2 Å². The molecule has 0 atom stereocenters. The van der Waals surface area contributed by atoms with E-state index in [4.69, 9.17) is 11.6 Å². The van der Waals surface area contributed by atoms with Crippen LogP contribution in [0, 0.1) is 10.6 Å².